The van der Waals surface area contributed by atoms with E-state index < -0.39 is 0 Å². The predicted octanol–water partition coefficient (Wildman–Crippen LogP) is 1.30. The van der Waals surface area contributed by atoms with Gasteiger partial charge in [0.25, 0.3) is 5.91 Å². The maximum atomic E-state index is 12.2. The summed E-state index contributed by atoms with van der Waals surface area (Å²) < 4.78 is 0. The Morgan fingerprint density at radius 2 is 2.12 bits per heavy atom. The molecule has 1 N–H and O–H groups in total. The second-order valence-electron chi connectivity index (χ2n) is 4.49. The highest BCUT2D eigenvalue weighted by atomic mass is 16.2. The van der Waals surface area contributed by atoms with Crippen molar-refractivity contribution in [2.75, 3.05) is 20.1 Å². The fourth-order valence-corrected chi connectivity index (χ4v) is 2.25. The molecule has 0 aliphatic carbocycles. The van der Waals surface area contributed by atoms with Gasteiger partial charge in [-0.25, -0.2) is 0 Å². The van der Waals surface area contributed by atoms with Crippen LogP contribution in [0.5, 0.6) is 0 Å². The Morgan fingerprint density at radius 1 is 1.35 bits per heavy atom. The maximum absolute atomic E-state index is 12.2. The fourth-order valence-electron chi connectivity index (χ4n) is 2.25. The summed E-state index contributed by atoms with van der Waals surface area (Å²) >= 11 is 0. The molecule has 1 aromatic heterocycles. The minimum absolute atomic E-state index is 0.0966. The van der Waals surface area contributed by atoms with Gasteiger partial charge in [-0.3, -0.25) is 9.78 Å². The molecule has 0 radical (unpaired) electrons. The zero-order valence-corrected chi connectivity index (χ0v) is 10.2. The summed E-state index contributed by atoms with van der Waals surface area (Å²) in [6.07, 6.45) is 6.58. The van der Waals surface area contributed by atoms with Crippen molar-refractivity contribution in [3.05, 3.63) is 30.1 Å². The zero-order chi connectivity index (χ0) is 12.1. The number of hydrogen-bond acceptors (Lipinski definition) is 3. The van der Waals surface area contributed by atoms with Crippen molar-refractivity contribution in [3.8, 4) is 0 Å². The Hall–Kier alpha value is -1.42. The summed E-state index contributed by atoms with van der Waals surface area (Å²) in [7, 11) is 1.90. The highest BCUT2D eigenvalue weighted by Crippen LogP contribution is 2.14. The van der Waals surface area contributed by atoms with Crippen molar-refractivity contribution < 1.29 is 4.79 Å². The highest BCUT2D eigenvalue weighted by Gasteiger charge is 2.21. The average Bonchev–Trinajstić information content (AvgIpc) is 2.67. The molecular weight excluding hydrogens is 214 g/mol. The number of carbonyl (C=O) groups excluding carboxylic acids is 1. The van der Waals surface area contributed by atoms with Crippen molar-refractivity contribution >= 4 is 5.91 Å². The molecule has 0 bridgehead atoms. The Morgan fingerprint density at radius 3 is 2.88 bits per heavy atom. The van der Waals surface area contributed by atoms with Gasteiger partial charge < -0.3 is 10.2 Å². The SMILES string of the molecule is CN(C(=O)c1ccncc1)C1CCCNCC1. The number of rotatable bonds is 2. The van der Waals surface area contributed by atoms with Crippen LogP contribution in [0.15, 0.2) is 24.5 Å². The average molecular weight is 233 g/mol. The number of hydrogen-bond donors (Lipinski definition) is 1. The van der Waals surface area contributed by atoms with Crippen molar-refractivity contribution in [2.24, 2.45) is 0 Å². The van der Waals surface area contributed by atoms with Crippen LogP contribution in [0.4, 0.5) is 0 Å². The van der Waals surface area contributed by atoms with Gasteiger partial charge in [0, 0.05) is 31.0 Å². The summed E-state index contributed by atoms with van der Waals surface area (Å²) in [5.74, 6) is 0.0966. The molecule has 1 saturated heterocycles. The number of nitrogens with one attached hydrogen (secondary N) is 1. The summed E-state index contributed by atoms with van der Waals surface area (Å²) in [6, 6.07) is 3.90. The molecule has 1 amide bonds. The van der Waals surface area contributed by atoms with E-state index in [4.69, 9.17) is 0 Å². The Kier molecular flexibility index (Phi) is 4.09. The molecule has 0 saturated carbocycles. The molecule has 1 aliphatic heterocycles. The molecule has 1 unspecified atom stereocenters. The van der Waals surface area contributed by atoms with Crippen LogP contribution in [0.2, 0.25) is 0 Å². The normalized spacial score (nSPS) is 20.6. The van der Waals surface area contributed by atoms with E-state index in [-0.39, 0.29) is 5.91 Å². The fraction of sp³-hybridized carbons (Fsp3) is 0.538. The van der Waals surface area contributed by atoms with Crippen LogP contribution >= 0.6 is 0 Å². The van der Waals surface area contributed by atoms with E-state index >= 15 is 0 Å². The zero-order valence-electron chi connectivity index (χ0n) is 10.2. The number of nitrogens with zero attached hydrogens (tertiary/aromatic N) is 2. The van der Waals surface area contributed by atoms with E-state index in [1.165, 1.54) is 0 Å². The molecule has 0 spiro atoms. The first-order valence-corrected chi connectivity index (χ1v) is 6.17. The summed E-state index contributed by atoms with van der Waals surface area (Å²) in [5, 5.41) is 3.36. The van der Waals surface area contributed by atoms with E-state index in [1.807, 2.05) is 11.9 Å². The molecule has 92 valence electrons. The first kappa shape index (κ1) is 12.0. The minimum Gasteiger partial charge on any atom is -0.339 e. The Labute approximate surface area is 102 Å². The summed E-state index contributed by atoms with van der Waals surface area (Å²) in [5.41, 5.74) is 0.722. The van der Waals surface area contributed by atoms with E-state index in [2.05, 4.69) is 10.3 Å². The van der Waals surface area contributed by atoms with Crippen molar-refractivity contribution in [2.45, 2.75) is 25.3 Å². The smallest absolute Gasteiger partial charge is 0.253 e. The third-order valence-corrected chi connectivity index (χ3v) is 3.34. The third kappa shape index (κ3) is 3.03. The van der Waals surface area contributed by atoms with Gasteiger partial charge in [-0.1, -0.05) is 0 Å². The number of carbonyl (C=O) groups is 1. The molecule has 17 heavy (non-hydrogen) atoms. The molecule has 4 nitrogen and oxygen atoms in total. The lowest BCUT2D eigenvalue weighted by Gasteiger charge is -2.27. The monoisotopic (exact) mass is 233 g/mol. The van der Waals surface area contributed by atoms with Crippen LogP contribution in [0.25, 0.3) is 0 Å². The van der Waals surface area contributed by atoms with Gasteiger partial charge in [0.2, 0.25) is 0 Å². The van der Waals surface area contributed by atoms with E-state index in [9.17, 15) is 4.79 Å². The van der Waals surface area contributed by atoms with Crippen molar-refractivity contribution in [1.82, 2.24) is 15.2 Å². The molecule has 0 aromatic carbocycles. The first-order chi connectivity index (χ1) is 8.29. The topological polar surface area (TPSA) is 45.2 Å². The quantitative estimate of drug-likeness (QED) is 0.837. The number of pyridine rings is 1. The molecule has 2 heterocycles. The Bertz CT molecular complexity index is 358. The van der Waals surface area contributed by atoms with E-state index in [0.717, 1.165) is 37.9 Å². The standard InChI is InChI=1S/C13H19N3O/c1-16(12-3-2-7-14-10-6-12)13(17)11-4-8-15-9-5-11/h4-5,8-9,12,14H,2-3,6-7,10H2,1H3. The second-order valence-corrected chi connectivity index (χ2v) is 4.49. The third-order valence-electron chi connectivity index (χ3n) is 3.34. The van der Waals surface area contributed by atoms with Crippen LogP contribution in [0.3, 0.4) is 0 Å². The minimum atomic E-state index is 0.0966. The first-order valence-electron chi connectivity index (χ1n) is 6.17. The highest BCUT2D eigenvalue weighted by molar-refractivity contribution is 5.94. The summed E-state index contributed by atoms with van der Waals surface area (Å²) in [4.78, 5) is 18.0. The largest absolute Gasteiger partial charge is 0.339 e. The van der Waals surface area contributed by atoms with Crippen molar-refractivity contribution in [3.63, 3.8) is 0 Å². The lowest BCUT2D eigenvalue weighted by Crippen LogP contribution is -2.37. The van der Waals surface area contributed by atoms with Gasteiger partial charge in [0.1, 0.15) is 0 Å². The van der Waals surface area contributed by atoms with Crippen LogP contribution < -0.4 is 5.32 Å². The summed E-state index contributed by atoms with van der Waals surface area (Å²) in [6.45, 7) is 2.06. The molecule has 1 aromatic rings. The second kappa shape index (κ2) is 5.77. The number of aromatic nitrogens is 1. The van der Waals surface area contributed by atoms with Crippen LogP contribution in [-0.2, 0) is 0 Å². The van der Waals surface area contributed by atoms with Crippen LogP contribution in [-0.4, -0.2) is 42.0 Å². The number of amides is 1. The predicted molar refractivity (Wildman–Crippen MR) is 66.8 cm³/mol. The lowest BCUT2D eigenvalue weighted by atomic mass is 10.1. The van der Waals surface area contributed by atoms with Crippen molar-refractivity contribution in [1.29, 1.82) is 0 Å². The molecule has 2 rings (SSSR count). The molecular formula is C13H19N3O. The molecule has 4 heteroatoms. The van der Waals surface area contributed by atoms with Gasteiger partial charge in [-0.2, -0.15) is 0 Å². The van der Waals surface area contributed by atoms with Gasteiger partial charge >= 0.3 is 0 Å². The van der Waals surface area contributed by atoms with E-state index in [1.54, 1.807) is 24.5 Å². The Balaban J connectivity index is 2.03. The van der Waals surface area contributed by atoms with Crippen LogP contribution in [0.1, 0.15) is 29.6 Å². The van der Waals surface area contributed by atoms with Gasteiger partial charge in [-0.05, 0) is 44.5 Å². The van der Waals surface area contributed by atoms with Gasteiger partial charge in [-0.15, -0.1) is 0 Å². The maximum Gasteiger partial charge on any atom is 0.253 e. The molecule has 1 atom stereocenters. The van der Waals surface area contributed by atoms with Gasteiger partial charge in [0.15, 0.2) is 0 Å². The van der Waals surface area contributed by atoms with E-state index in [0.29, 0.717) is 6.04 Å². The lowest BCUT2D eigenvalue weighted by molar-refractivity contribution is 0.0720. The van der Waals surface area contributed by atoms with Crippen LogP contribution in [0, 0.1) is 0 Å². The molecule has 1 fully saturated rings. The van der Waals surface area contributed by atoms with Gasteiger partial charge in [0.05, 0.1) is 0 Å². The molecule has 1 aliphatic rings.